The summed E-state index contributed by atoms with van der Waals surface area (Å²) < 4.78 is 13.0. The van der Waals surface area contributed by atoms with E-state index in [1.165, 1.54) is 12.1 Å². The number of hydrogen-bond acceptors (Lipinski definition) is 2. The highest BCUT2D eigenvalue weighted by Gasteiger charge is 2.54. The summed E-state index contributed by atoms with van der Waals surface area (Å²) in [5, 5.41) is 3.19. The van der Waals surface area contributed by atoms with Crippen molar-refractivity contribution in [2.75, 3.05) is 6.54 Å². The maximum atomic E-state index is 13.0. The van der Waals surface area contributed by atoms with Crippen LogP contribution in [0.5, 0.6) is 0 Å². The van der Waals surface area contributed by atoms with E-state index in [9.17, 15) is 14.0 Å². The van der Waals surface area contributed by atoms with Crippen LogP contribution in [0, 0.1) is 5.82 Å². The van der Waals surface area contributed by atoms with E-state index in [-0.39, 0.29) is 17.6 Å². The van der Waals surface area contributed by atoms with Crippen LogP contribution in [-0.2, 0) is 16.9 Å². The van der Waals surface area contributed by atoms with Gasteiger partial charge in [-0.2, -0.15) is 0 Å². The maximum Gasteiger partial charge on any atom is 0.254 e. The number of nitrogens with zero attached hydrogens (tertiary/aromatic N) is 1. The first kappa shape index (κ1) is 15.1. The molecule has 1 N–H and O–H groups in total. The summed E-state index contributed by atoms with van der Waals surface area (Å²) in [5.41, 5.74) is 0.845. The molecular weight excluding hydrogens is 331 g/mol. The number of likely N-dealkylation sites (tertiary alicyclic amines) is 1. The fraction of sp³-hybridized carbons (Fsp3) is 0.222. The lowest BCUT2D eigenvalue weighted by molar-refractivity contribution is -0.133. The van der Waals surface area contributed by atoms with Crippen LogP contribution in [0.25, 0.3) is 0 Å². The Morgan fingerprint density at radius 3 is 2.67 bits per heavy atom. The minimum absolute atomic E-state index is 0.152. The Bertz CT molecular complexity index is 853. The second-order valence-corrected chi connectivity index (χ2v) is 6.53. The van der Waals surface area contributed by atoms with Crippen LogP contribution >= 0.6 is 11.6 Å². The molecule has 1 saturated heterocycles. The molecule has 122 valence electrons. The molecule has 2 heterocycles. The summed E-state index contributed by atoms with van der Waals surface area (Å²) in [6.45, 7) is 0.898. The van der Waals surface area contributed by atoms with Crippen molar-refractivity contribution in [2.45, 2.75) is 18.5 Å². The van der Waals surface area contributed by atoms with Crippen molar-refractivity contribution < 1.29 is 14.0 Å². The van der Waals surface area contributed by atoms with Gasteiger partial charge in [0.25, 0.3) is 11.8 Å². The molecule has 0 aliphatic carbocycles. The van der Waals surface area contributed by atoms with E-state index >= 15 is 0 Å². The van der Waals surface area contributed by atoms with Crippen molar-refractivity contribution in [3.8, 4) is 0 Å². The second kappa shape index (κ2) is 5.31. The highest BCUT2D eigenvalue weighted by atomic mass is 35.5. The lowest BCUT2D eigenvalue weighted by atomic mass is 9.89. The third kappa shape index (κ3) is 2.12. The van der Waals surface area contributed by atoms with Crippen molar-refractivity contribution in [1.29, 1.82) is 0 Å². The molecule has 4 nitrogen and oxygen atoms in total. The van der Waals surface area contributed by atoms with E-state index in [0.717, 1.165) is 5.56 Å². The van der Waals surface area contributed by atoms with Crippen molar-refractivity contribution in [3.05, 3.63) is 70.0 Å². The average Bonchev–Trinajstić information content (AvgIpc) is 3.03. The van der Waals surface area contributed by atoms with Gasteiger partial charge in [0.15, 0.2) is 0 Å². The quantitative estimate of drug-likeness (QED) is 0.910. The molecule has 0 aromatic heterocycles. The Kier molecular flexibility index (Phi) is 3.35. The van der Waals surface area contributed by atoms with Gasteiger partial charge < -0.3 is 10.2 Å². The molecule has 2 aliphatic heterocycles. The number of hydrogen-bond donors (Lipinski definition) is 1. The number of fused-ring (bicyclic) bond motifs is 2. The predicted molar refractivity (Wildman–Crippen MR) is 87.0 cm³/mol. The molecule has 0 bridgehead atoms. The Hall–Kier alpha value is -2.40. The van der Waals surface area contributed by atoms with Gasteiger partial charge in [0.05, 0.1) is 10.6 Å². The van der Waals surface area contributed by atoms with Crippen molar-refractivity contribution in [3.63, 3.8) is 0 Å². The fourth-order valence-corrected chi connectivity index (χ4v) is 3.80. The highest BCUT2D eigenvalue weighted by molar-refractivity contribution is 6.34. The highest BCUT2D eigenvalue weighted by Crippen LogP contribution is 2.42. The second-order valence-electron chi connectivity index (χ2n) is 6.13. The zero-order valence-electron chi connectivity index (χ0n) is 12.7. The number of carbonyl (C=O) groups is 2. The molecule has 2 aromatic rings. The third-order valence-corrected chi connectivity index (χ3v) is 5.04. The molecule has 2 aromatic carbocycles. The van der Waals surface area contributed by atoms with Gasteiger partial charge in [-0.1, -0.05) is 35.9 Å². The zero-order valence-corrected chi connectivity index (χ0v) is 13.4. The maximum absolute atomic E-state index is 13.0. The van der Waals surface area contributed by atoms with Gasteiger partial charge in [-0.05, 0) is 23.8 Å². The van der Waals surface area contributed by atoms with E-state index in [2.05, 4.69) is 5.32 Å². The Morgan fingerprint density at radius 2 is 1.92 bits per heavy atom. The summed E-state index contributed by atoms with van der Waals surface area (Å²) in [4.78, 5) is 27.0. The van der Waals surface area contributed by atoms with Gasteiger partial charge in [-0.25, -0.2) is 4.39 Å². The Labute approximate surface area is 143 Å². The largest absolute Gasteiger partial charge is 0.336 e. The lowest BCUT2D eigenvalue weighted by Gasteiger charge is -2.24. The van der Waals surface area contributed by atoms with Gasteiger partial charge in [0.2, 0.25) is 0 Å². The first-order valence-electron chi connectivity index (χ1n) is 7.66. The molecule has 1 spiro atoms. The molecule has 2 amide bonds. The van der Waals surface area contributed by atoms with Crippen LogP contribution in [0.15, 0.2) is 42.5 Å². The van der Waals surface area contributed by atoms with Crippen molar-refractivity contribution in [2.24, 2.45) is 0 Å². The number of halogens is 2. The first-order chi connectivity index (χ1) is 11.5. The van der Waals surface area contributed by atoms with E-state index in [4.69, 9.17) is 11.6 Å². The van der Waals surface area contributed by atoms with Crippen LogP contribution in [0.2, 0.25) is 5.02 Å². The number of carbonyl (C=O) groups excluding carboxylic acids is 2. The normalized spacial score (nSPS) is 22.2. The summed E-state index contributed by atoms with van der Waals surface area (Å²) in [5.74, 6) is -0.775. The Balaban J connectivity index is 1.66. The van der Waals surface area contributed by atoms with Gasteiger partial charge in [0.1, 0.15) is 11.4 Å². The fourth-order valence-electron chi connectivity index (χ4n) is 3.54. The minimum atomic E-state index is -1.03. The Morgan fingerprint density at radius 1 is 1.17 bits per heavy atom. The number of rotatable bonds is 2. The van der Waals surface area contributed by atoms with Gasteiger partial charge in [0, 0.05) is 25.1 Å². The topological polar surface area (TPSA) is 49.4 Å². The van der Waals surface area contributed by atoms with E-state index < -0.39 is 5.54 Å². The zero-order chi connectivity index (χ0) is 16.9. The predicted octanol–water partition coefficient (Wildman–Crippen LogP) is 2.85. The number of benzene rings is 2. The molecule has 0 radical (unpaired) electrons. The van der Waals surface area contributed by atoms with Crippen LogP contribution in [0.1, 0.15) is 27.9 Å². The number of amides is 2. The molecular formula is C18H14ClFN2O2. The van der Waals surface area contributed by atoms with Crippen LogP contribution < -0.4 is 5.32 Å². The molecule has 6 heteroatoms. The molecule has 1 fully saturated rings. The van der Waals surface area contributed by atoms with Crippen molar-refractivity contribution in [1.82, 2.24) is 10.2 Å². The van der Waals surface area contributed by atoms with E-state index in [0.29, 0.717) is 35.7 Å². The molecule has 2 aliphatic rings. The van der Waals surface area contributed by atoms with Gasteiger partial charge >= 0.3 is 0 Å². The van der Waals surface area contributed by atoms with E-state index in [1.807, 2.05) is 0 Å². The summed E-state index contributed by atoms with van der Waals surface area (Å²) in [7, 11) is 0. The molecule has 24 heavy (non-hydrogen) atoms. The number of nitrogens with one attached hydrogen (secondary N) is 1. The monoisotopic (exact) mass is 344 g/mol. The minimum Gasteiger partial charge on any atom is -0.336 e. The van der Waals surface area contributed by atoms with Crippen LogP contribution in [0.3, 0.4) is 0 Å². The molecule has 1 atom stereocenters. The van der Waals surface area contributed by atoms with Gasteiger partial charge in [-0.15, -0.1) is 0 Å². The van der Waals surface area contributed by atoms with Crippen LogP contribution in [-0.4, -0.2) is 23.3 Å². The van der Waals surface area contributed by atoms with Crippen molar-refractivity contribution >= 4 is 23.4 Å². The summed E-state index contributed by atoms with van der Waals surface area (Å²) in [6, 6.07) is 11.2. The summed E-state index contributed by atoms with van der Waals surface area (Å²) >= 11 is 6.13. The molecule has 0 unspecified atom stereocenters. The summed E-state index contributed by atoms with van der Waals surface area (Å²) in [6.07, 6.45) is 0.492. The standard InChI is InChI=1S/C18H14ClFN2O2/c19-14-3-1-2-13-15(14)16(23)21-18(13)8-9-22(17(18)24)10-11-4-6-12(20)7-5-11/h1-7H,8-10H2,(H,21,23)/t18-/m1/s1. The van der Waals surface area contributed by atoms with Crippen LogP contribution in [0.4, 0.5) is 4.39 Å². The molecule has 0 saturated carbocycles. The van der Waals surface area contributed by atoms with Gasteiger partial charge in [-0.3, -0.25) is 9.59 Å². The lowest BCUT2D eigenvalue weighted by Crippen LogP contribution is -2.46. The first-order valence-corrected chi connectivity index (χ1v) is 8.04. The third-order valence-electron chi connectivity index (χ3n) is 4.72. The molecule has 4 rings (SSSR count). The smallest absolute Gasteiger partial charge is 0.254 e. The SMILES string of the molecule is O=C1N[C@]2(CCN(Cc3ccc(F)cc3)C2=O)c2cccc(Cl)c21. The average molecular weight is 345 g/mol. The van der Waals surface area contributed by atoms with E-state index in [1.54, 1.807) is 35.2 Å².